The predicted octanol–water partition coefficient (Wildman–Crippen LogP) is 3.68. The summed E-state index contributed by atoms with van der Waals surface area (Å²) in [6, 6.07) is 1.25. The van der Waals surface area contributed by atoms with Crippen molar-refractivity contribution in [1.82, 2.24) is 9.55 Å². The van der Waals surface area contributed by atoms with Crippen LogP contribution in [0.1, 0.15) is 47.8 Å². The molecular formula is C21H39N3O6Si2. The fourth-order valence-corrected chi connectivity index (χ4v) is 5.06. The molecule has 2 heterocycles. The fraction of sp³-hybridized carbons (Fsp3) is 0.762. The van der Waals surface area contributed by atoms with Gasteiger partial charge in [0, 0.05) is 12.3 Å². The Bertz CT molecular complexity index is 956. The molecule has 11 heteroatoms. The van der Waals surface area contributed by atoms with E-state index in [1.807, 2.05) is 0 Å². The van der Waals surface area contributed by atoms with Gasteiger partial charge in [0.15, 0.2) is 22.9 Å². The zero-order valence-corrected chi connectivity index (χ0v) is 23.0. The maximum absolute atomic E-state index is 12.5. The van der Waals surface area contributed by atoms with Crippen LogP contribution in [0.2, 0.25) is 36.3 Å². The molecular weight excluding hydrogens is 446 g/mol. The van der Waals surface area contributed by atoms with Gasteiger partial charge in [0.2, 0.25) is 0 Å². The van der Waals surface area contributed by atoms with Gasteiger partial charge < -0.3 is 18.8 Å². The summed E-state index contributed by atoms with van der Waals surface area (Å²) in [7, 11) is -4.44. The molecule has 3 atom stereocenters. The Labute approximate surface area is 192 Å². The molecule has 0 amide bonds. The second-order valence-electron chi connectivity index (χ2n) is 11.4. The highest BCUT2D eigenvalue weighted by atomic mass is 28.4. The van der Waals surface area contributed by atoms with Crippen molar-refractivity contribution < 1.29 is 18.8 Å². The first-order valence-electron chi connectivity index (χ1n) is 10.9. The van der Waals surface area contributed by atoms with Crippen molar-refractivity contribution >= 4 is 22.3 Å². The van der Waals surface area contributed by atoms with Crippen LogP contribution < -0.4 is 11.2 Å². The number of ether oxygens (including phenoxy) is 1. The van der Waals surface area contributed by atoms with Crippen LogP contribution in [0.4, 0.5) is 0 Å². The smallest absolute Gasteiger partial charge is 0.330 e. The first-order chi connectivity index (χ1) is 14.4. The van der Waals surface area contributed by atoms with Crippen LogP contribution in [0.5, 0.6) is 0 Å². The Morgan fingerprint density at radius 2 is 1.66 bits per heavy atom. The maximum Gasteiger partial charge on any atom is 0.330 e. The van der Waals surface area contributed by atoms with E-state index < -0.39 is 46.3 Å². The van der Waals surface area contributed by atoms with Crippen LogP contribution in [0.3, 0.4) is 0 Å². The van der Waals surface area contributed by atoms with Crippen molar-refractivity contribution in [3.63, 3.8) is 0 Å². The lowest BCUT2D eigenvalue weighted by Crippen LogP contribution is -2.49. The Morgan fingerprint density at radius 1 is 1.09 bits per heavy atom. The number of nitrogens with zero attached hydrogens (tertiary/aromatic N) is 2. The number of rotatable bonds is 6. The van der Waals surface area contributed by atoms with E-state index in [4.69, 9.17) is 13.6 Å². The van der Waals surface area contributed by atoms with Gasteiger partial charge >= 0.3 is 5.69 Å². The van der Waals surface area contributed by atoms with Crippen LogP contribution in [-0.2, 0) is 13.6 Å². The molecule has 0 bridgehead atoms. The summed E-state index contributed by atoms with van der Waals surface area (Å²) in [5, 5.41) is 13.3. The monoisotopic (exact) mass is 485 g/mol. The summed E-state index contributed by atoms with van der Waals surface area (Å²) < 4.78 is 20.4. The highest BCUT2D eigenvalue weighted by Gasteiger charge is 2.50. The van der Waals surface area contributed by atoms with E-state index in [2.05, 4.69) is 77.9 Å². The minimum absolute atomic E-state index is 0.00553. The van der Waals surface area contributed by atoms with Crippen LogP contribution in [-0.4, -0.2) is 55.9 Å². The summed E-state index contributed by atoms with van der Waals surface area (Å²) in [5.74, 6) is 0. The second-order valence-corrected chi connectivity index (χ2v) is 21.0. The van der Waals surface area contributed by atoms with Crippen LogP contribution in [0.25, 0.3) is 0 Å². The van der Waals surface area contributed by atoms with E-state index in [9.17, 15) is 14.8 Å². The van der Waals surface area contributed by atoms with Crippen LogP contribution in [0.15, 0.2) is 27.0 Å². The summed E-state index contributed by atoms with van der Waals surface area (Å²) in [6.45, 7) is 21.3. The molecule has 182 valence electrons. The van der Waals surface area contributed by atoms with Crippen molar-refractivity contribution in [3.8, 4) is 0 Å². The fourth-order valence-electron chi connectivity index (χ4n) is 2.84. The number of hydrogen-bond donors (Lipinski definition) is 2. The molecule has 2 rings (SSSR count). The standard InChI is InChI=1S/C21H39N3O6Si2/c1-20(2,3)31(7,8)28-13-14-16(23-27)17(30-32(9,10)21(4,5)6)18(29-14)24-12-11-15(25)22-19(24)26/h11-12,14,17-18,27H,13H2,1-10H3,(H,22,25,26)/b23-16+. The number of nitrogens with one attached hydrogen (secondary N) is 1. The molecule has 1 aromatic heterocycles. The molecule has 2 N–H and O–H groups in total. The third-order valence-electron chi connectivity index (χ3n) is 7.05. The normalized spacial score (nSPS) is 24.3. The summed E-state index contributed by atoms with van der Waals surface area (Å²) in [4.78, 5) is 26.4. The van der Waals surface area contributed by atoms with Gasteiger partial charge in [0.05, 0.1) is 6.61 Å². The molecule has 3 unspecified atom stereocenters. The minimum atomic E-state index is -2.34. The molecule has 1 aliphatic heterocycles. The Morgan fingerprint density at radius 3 is 2.12 bits per heavy atom. The molecule has 32 heavy (non-hydrogen) atoms. The van der Waals surface area contributed by atoms with Crippen molar-refractivity contribution in [2.75, 3.05) is 6.61 Å². The molecule has 1 aliphatic rings. The molecule has 0 spiro atoms. The van der Waals surface area contributed by atoms with E-state index in [1.165, 1.54) is 16.8 Å². The van der Waals surface area contributed by atoms with E-state index >= 15 is 0 Å². The molecule has 0 radical (unpaired) electrons. The number of aromatic nitrogens is 2. The quantitative estimate of drug-likeness (QED) is 0.361. The zero-order valence-electron chi connectivity index (χ0n) is 21.0. The topological polar surface area (TPSA) is 115 Å². The molecule has 1 fully saturated rings. The van der Waals surface area contributed by atoms with Crippen molar-refractivity contribution in [3.05, 3.63) is 33.1 Å². The first-order valence-corrected chi connectivity index (χ1v) is 16.7. The van der Waals surface area contributed by atoms with Gasteiger partial charge in [-0.2, -0.15) is 0 Å². The molecule has 9 nitrogen and oxygen atoms in total. The largest absolute Gasteiger partial charge is 0.414 e. The summed E-state index contributed by atoms with van der Waals surface area (Å²) in [5.41, 5.74) is -0.828. The summed E-state index contributed by atoms with van der Waals surface area (Å²) in [6.07, 6.45) is -1.00. The van der Waals surface area contributed by atoms with Crippen LogP contribution in [0, 0.1) is 0 Å². The van der Waals surface area contributed by atoms with Gasteiger partial charge in [-0.05, 0) is 36.3 Å². The third-order valence-corrected chi connectivity index (χ3v) is 16.0. The van der Waals surface area contributed by atoms with E-state index in [1.54, 1.807) is 0 Å². The van der Waals surface area contributed by atoms with Crippen molar-refractivity contribution in [1.29, 1.82) is 0 Å². The zero-order chi connectivity index (χ0) is 24.7. The predicted molar refractivity (Wildman–Crippen MR) is 130 cm³/mol. The summed E-state index contributed by atoms with van der Waals surface area (Å²) >= 11 is 0. The molecule has 1 aromatic rings. The van der Waals surface area contributed by atoms with Gasteiger partial charge in [-0.25, -0.2) is 4.79 Å². The SMILES string of the molecule is CC(C)(C)[Si](C)(C)OCC1OC(n2ccc(=O)[nH]c2=O)C(O[Si](C)(C)C(C)(C)C)/C1=N/O. The molecule has 0 saturated carbocycles. The number of aromatic amines is 1. The average molecular weight is 486 g/mol. The highest BCUT2D eigenvalue weighted by molar-refractivity contribution is 6.74. The van der Waals surface area contributed by atoms with Gasteiger partial charge in [0.1, 0.15) is 17.9 Å². The van der Waals surface area contributed by atoms with Gasteiger partial charge in [-0.1, -0.05) is 46.7 Å². The second kappa shape index (κ2) is 9.01. The van der Waals surface area contributed by atoms with E-state index in [0.29, 0.717) is 0 Å². The number of H-pyrrole nitrogens is 1. The maximum atomic E-state index is 12.5. The molecule has 1 saturated heterocycles. The molecule has 0 aliphatic carbocycles. The van der Waals surface area contributed by atoms with Crippen LogP contribution >= 0.6 is 0 Å². The van der Waals surface area contributed by atoms with Crippen molar-refractivity contribution in [2.45, 2.75) is 96.2 Å². The number of hydrogen-bond acceptors (Lipinski definition) is 7. The molecule has 0 aromatic carbocycles. The van der Waals surface area contributed by atoms with Crippen molar-refractivity contribution in [2.24, 2.45) is 5.16 Å². The average Bonchev–Trinajstić information content (AvgIpc) is 2.94. The highest BCUT2D eigenvalue weighted by Crippen LogP contribution is 2.41. The van der Waals surface area contributed by atoms with E-state index in [-0.39, 0.29) is 22.4 Å². The number of oxime groups is 1. The third kappa shape index (κ3) is 5.50. The lowest BCUT2D eigenvalue weighted by Gasteiger charge is -2.39. The van der Waals surface area contributed by atoms with Gasteiger partial charge in [0.25, 0.3) is 5.56 Å². The van der Waals surface area contributed by atoms with E-state index in [0.717, 1.165) is 0 Å². The van der Waals surface area contributed by atoms with Gasteiger partial charge in [-0.15, -0.1) is 0 Å². The van der Waals surface area contributed by atoms with Gasteiger partial charge in [-0.3, -0.25) is 14.3 Å². The minimum Gasteiger partial charge on any atom is -0.414 e. The Kier molecular flexibility index (Phi) is 7.52. The lowest BCUT2D eigenvalue weighted by atomic mass is 10.1. The Balaban J connectivity index is 2.46. The lowest BCUT2D eigenvalue weighted by molar-refractivity contribution is -0.0481. The Hall–Kier alpha value is -1.54. The first kappa shape index (κ1) is 26.7.